The first-order chi connectivity index (χ1) is 14.6. The summed E-state index contributed by atoms with van der Waals surface area (Å²) < 4.78 is 5.29. The van der Waals surface area contributed by atoms with Crippen LogP contribution in [-0.4, -0.2) is 49.2 Å². The van der Waals surface area contributed by atoms with E-state index in [2.05, 4.69) is 27.7 Å². The van der Waals surface area contributed by atoms with Crippen molar-refractivity contribution >= 4 is 29.3 Å². The highest BCUT2D eigenvalue weighted by Gasteiger charge is 2.24. The van der Waals surface area contributed by atoms with Crippen molar-refractivity contribution in [2.45, 2.75) is 30.2 Å². The number of hydrogen-bond acceptors (Lipinski definition) is 5. The third-order valence-corrected chi connectivity index (χ3v) is 6.74. The van der Waals surface area contributed by atoms with Gasteiger partial charge < -0.3 is 15.4 Å². The van der Waals surface area contributed by atoms with Gasteiger partial charge in [-0.2, -0.15) is 0 Å². The molecule has 1 saturated heterocycles. The number of thioether (sulfide) groups is 1. The molecule has 1 fully saturated rings. The summed E-state index contributed by atoms with van der Waals surface area (Å²) in [7, 11) is 1.66. The molecule has 2 aromatic carbocycles. The van der Waals surface area contributed by atoms with Crippen molar-refractivity contribution in [3.05, 3.63) is 53.6 Å². The van der Waals surface area contributed by atoms with Crippen LogP contribution in [-0.2, 0) is 4.79 Å². The molecule has 2 heterocycles. The minimum Gasteiger partial charge on any atom is -0.497 e. The average Bonchev–Trinajstić information content (AvgIpc) is 2.79. The van der Waals surface area contributed by atoms with Gasteiger partial charge in [-0.05, 0) is 61.8 Å². The van der Waals surface area contributed by atoms with Crippen molar-refractivity contribution in [2.24, 2.45) is 0 Å². The number of ether oxygens (including phenoxy) is 1. The lowest BCUT2D eigenvalue weighted by Crippen LogP contribution is -2.40. The van der Waals surface area contributed by atoms with Crippen LogP contribution in [0.1, 0.15) is 41.2 Å². The van der Waals surface area contributed by atoms with Gasteiger partial charge in [0.1, 0.15) is 5.75 Å². The van der Waals surface area contributed by atoms with Crippen LogP contribution in [0.2, 0.25) is 0 Å². The molecule has 7 heteroatoms. The SMILES string of the molecule is COc1ccc([C@H](CNC(=O)c2ccc3c(c2)NC(=O)CS3)N2CCCCC2)cc1. The summed E-state index contributed by atoms with van der Waals surface area (Å²) in [6.45, 7) is 2.60. The second-order valence-electron chi connectivity index (χ2n) is 7.64. The summed E-state index contributed by atoms with van der Waals surface area (Å²) in [5.41, 5.74) is 2.45. The summed E-state index contributed by atoms with van der Waals surface area (Å²) >= 11 is 1.49. The molecular weight excluding hydrogens is 398 g/mol. The largest absolute Gasteiger partial charge is 0.497 e. The number of nitrogens with one attached hydrogen (secondary N) is 2. The maximum atomic E-state index is 12.9. The second-order valence-corrected chi connectivity index (χ2v) is 8.66. The Hall–Kier alpha value is -2.51. The normalized spacial score (nSPS) is 17.6. The molecule has 0 radical (unpaired) electrons. The van der Waals surface area contributed by atoms with Crippen LogP contribution < -0.4 is 15.4 Å². The van der Waals surface area contributed by atoms with Gasteiger partial charge in [0, 0.05) is 17.0 Å². The fraction of sp³-hybridized carbons (Fsp3) is 0.391. The number of amides is 2. The average molecular weight is 426 g/mol. The molecule has 0 saturated carbocycles. The number of nitrogens with zero attached hydrogens (tertiary/aromatic N) is 1. The van der Waals surface area contributed by atoms with E-state index in [9.17, 15) is 9.59 Å². The third-order valence-electron chi connectivity index (χ3n) is 5.66. The Balaban J connectivity index is 1.48. The highest BCUT2D eigenvalue weighted by molar-refractivity contribution is 8.00. The maximum absolute atomic E-state index is 12.9. The predicted octanol–water partition coefficient (Wildman–Crippen LogP) is 3.70. The van der Waals surface area contributed by atoms with Crippen LogP contribution in [0.4, 0.5) is 5.69 Å². The molecule has 2 amide bonds. The maximum Gasteiger partial charge on any atom is 0.251 e. The molecule has 0 bridgehead atoms. The molecule has 2 aliphatic heterocycles. The fourth-order valence-corrected chi connectivity index (χ4v) is 4.82. The summed E-state index contributed by atoms with van der Waals surface area (Å²) in [5.74, 6) is 1.08. The zero-order valence-corrected chi connectivity index (χ0v) is 18.0. The smallest absolute Gasteiger partial charge is 0.251 e. The summed E-state index contributed by atoms with van der Waals surface area (Å²) in [6, 6.07) is 13.7. The minimum atomic E-state index is -0.127. The molecule has 0 aliphatic carbocycles. The van der Waals surface area contributed by atoms with Crippen molar-refractivity contribution in [1.82, 2.24) is 10.2 Å². The lowest BCUT2D eigenvalue weighted by molar-refractivity contribution is -0.113. The van der Waals surface area contributed by atoms with Crippen molar-refractivity contribution in [3.8, 4) is 5.75 Å². The Kier molecular flexibility index (Phi) is 6.59. The number of likely N-dealkylation sites (tertiary alicyclic amines) is 1. The first-order valence-electron chi connectivity index (χ1n) is 10.4. The van der Waals surface area contributed by atoms with Crippen molar-refractivity contribution < 1.29 is 14.3 Å². The number of carbonyl (C=O) groups is 2. The monoisotopic (exact) mass is 425 g/mol. The number of hydrogen-bond donors (Lipinski definition) is 2. The van der Waals surface area contributed by atoms with Crippen molar-refractivity contribution in [1.29, 1.82) is 0 Å². The number of methoxy groups -OCH3 is 1. The van der Waals surface area contributed by atoms with E-state index in [0.29, 0.717) is 23.5 Å². The van der Waals surface area contributed by atoms with Crippen molar-refractivity contribution in [2.75, 3.05) is 37.8 Å². The number of rotatable bonds is 6. The summed E-state index contributed by atoms with van der Waals surface area (Å²) in [6.07, 6.45) is 3.63. The first-order valence-corrected chi connectivity index (χ1v) is 11.4. The Bertz CT molecular complexity index is 910. The van der Waals surface area contributed by atoms with E-state index in [4.69, 9.17) is 4.74 Å². The van der Waals surface area contributed by atoms with Crippen LogP contribution in [0, 0.1) is 0 Å². The van der Waals surface area contributed by atoms with Gasteiger partial charge in [0.15, 0.2) is 0 Å². The van der Waals surface area contributed by atoms with Crippen LogP contribution >= 0.6 is 11.8 Å². The molecule has 158 valence electrons. The predicted molar refractivity (Wildman–Crippen MR) is 119 cm³/mol. The molecule has 30 heavy (non-hydrogen) atoms. The molecule has 0 unspecified atom stereocenters. The van der Waals surface area contributed by atoms with E-state index in [1.54, 1.807) is 13.2 Å². The van der Waals surface area contributed by atoms with Gasteiger partial charge >= 0.3 is 0 Å². The van der Waals surface area contributed by atoms with E-state index in [1.807, 2.05) is 24.3 Å². The minimum absolute atomic E-state index is 0.0327. The lowest BCUT2D eigenvalue weighted by Gasteiger charge is -2.35. The standard InChI is InChI=1S/C23H27N3O3S/c1-29-18-8-5-16(6-9-18)20(26-11-3-2-4-12-26)14-24-23(28)17-7-10-21-19(13-17)25-22(27)15-30-21/h5-10,13,20H,2-4,11-12,14-15H2,1H3,(H,24,28)(H,25,27)/t20-/m0/s1. The van der Waals surface area contributed by atoms with E-state index in [-0.39, 0.29) is 17.9 Å². The summed E-state index contributed by atoms with van der Waals surface area (Å²) in [5, 5.41) is 5.96. The highest BCUT2D eigenvalue weighted by atomic mass is 32.2. The Morgan fingerprint density at radius 1 is 1.17 bits per heavy atom. The molecule has 2 N–H and O–H groups in total. The van der Waals surface area contributed by atoms with Gasteiger partial charge in [0.25, 0.3) is 5.91 Å². The Morgan fingerprint density at radius 3 is 2.67 bits per heavy atom. The topological polar surface area (TPSA) is 70.7 Å². The lowest BCUT2D eigenvalue weighted by atomic mass is 10.0. The van der Waals surface area contributed by atoms with Gasteiger partial charge in [0.05, 0.1) is 24.6 Å². The Labute approximate surface area is 181 Å². The van der Waals surface area contributed by atoms with Gasteiger partial charge in [0.2, 0.25) is 5.91 Å². The molecular formula is C23H27N3O3S. The van der Waals surface area contributed by atoms with Gasteiger partial charge in [-0.3, -0.25) is 14.5 Å². The number of fused-ring (bicyclic) bond motifs is 1. The zero-order chi connectivity index (χ0) is 20.9. The van der Waals surface area contributed by atoms with E-state index in [1.165, 1.54) is 36.6 Å². The third kappa shape index (κ3) is 4.79. The molecule has 1 atom stereocenters. The fourth-order valence-electron chi connectivity index (χ4n) is 4.03. The Morgan fingerprint density at radius 2 is 1.93 bits per heavy atom. The molecule has 0 spiro atoms. The molecule has 6 nitrogen and oxygen atoms in total. The van der Waals surface area contributed by atoms with Crippen LogP contribution in [0.25, 0.3) is 0 Å². The molecule has 0 aromatic heterocycles. The van der Waals surface area contributed by atoms with Crippen molar-refractivity contribution in [3.63, 3.8) is 0 Å². The molecule has 4 rings (SSSR count). The first kappa shape index (κ1) is 20.8. The van der Waals surface area contributed by atoms with E-state index >= 15 is 0 Å². The van der Waals surface area contributed by atoms with E-state index in [0.717, 1.165) is 23.7 Å². The van der Waals surface area contributed by atoms with Gasteiger partial charge in [-0.25, -0.2) is 0 Å². The van der Waals surface area contributed by atoms with Crippen LogP contribution in [0.3, 0.4) is 0 Å². The van der Waals surface area contributed by atoms with E-state index < -0.39 is 0 Å². The molecule has 2 aliphatic rings. The van der Waals surface area contributed by atoms with Crippen LogP contribution in [0.5, 0.6) is 5.75 Å². The van der Waals surface area contributed by atoms with Crippen LogP contribution in [0.15, 0.2) is 47.4 Å². The highest BCUT2D eigenvalue weighted by Crippen LogP contribution is 2.32. The second kappa shape index (κ2) is 9.53. The zero-order valence-electron chi connectivity index (χ0n) is 17.1. The molecule has 2 aromatic rings. The quantitative estimate of drug-likeness (QED) is 0.739. The van der Waals surface area contributed by atoms with Gasteiger partial charge in [-0.1, -0.05) is 18.6 Å². The number of carbonyl (C=O) groups excluding carboxylic acids is 2. The number of anilines is 1. The van der Waals surface area contributed by atoms with Gasteiger partial charge in [-0.15, -0.1) is 11.8 Å². The number of benzene rings is 2. The number of piperidine rings is 1. The summed E-state index contributed by atoms with van der Waals surface area (Å²) in [4.78, 5) is 28.0.